The first kappa shape index (κ1) is 14.6. The molecule has 3 nitrogen and oxygen atoms in total. The van der Waals surface area contributed by atoms with Gasteiger partial charge in [-0.3, -0.25) is 0 Å². The third-order valence-electron chi connectivity index (χ3n) is 3.46. The van der Waals surface area contributed by atoms with Crippen molar-refractivity contribution in [2.24, 2.45) is 0 Å². The second-order valence-electron chi connectivity index (χ2n) is 4.90. The second kappa shape index (κ2) is 5.79. The van der Waals surface area contributed by atoms with Gasteiger partial charge in [-0.1, -0.05) is 47.5 Å². The molecule has 0 bridgehead atoms. The lowest BCUT2D eigenvalue weighted by molar-refractivity contribution is 0.876. The molecule has 2 aromatic carbocycles. The number of halogens is 2. The maximum Gasteiger partial charge on any atom is 0.130 e. The molecule has 0 spiro atoms. The molecule has 6 heteroatoms. The van der Waals surface area contributed by atoms with Gasteiger partial charge in [-0.2, -0.15) is 8.75 Å². The molecule has 1 heterocycles. The molecule has 1 aromatic heterocycles. The number of nitrogens with one attached hydrogen (secondary N) is 1. The quantitative estimate of drug-likeness (QED) is 0.687. The number of nitrogens with zero attached hydrogens (tertiary/aromatic N) is 2. The van der Waals surface area contributed by atoms with Gasteiger partial charge in [0.05, 0.1) is 27.5 Å². The summed E-state index contributed by atoms with van der Waals surface area (Å²) in [6.45, 7) is 4.19. The fourth-order valence-electron chi connectivity index (χ4n) is 2.38. The maximum atomic E-state index is 6.33. The zero-order valence-corrected chi connectivity index (χ0v) is 13.9. The summed E-state index contributed by atoms with van der Waals surface area (Å²) in [5.41, 5.74) is 4.64. The summed E-state index contributed by atoms with van der Waals surface area (Å²) in [5.74, 6) is 0. The van der Waals surface area contributed by atoms with E-state index in [1.54, 1.807) is 6.07 Å². The molecule has 0 saturated carbocycles. The predicted molar refractivity (Wildman–Crippen MR) is 90.7 cm³/mol. The molecule has 3 rings (SSSR count). The van der Waals surface area contributed by atoms with Gasteiger partial charge < -0.3 is 5.32 Å². The van der Waals surface area contributed by atoms with Gasteiger partial charge in [0.2, 0.25) is 0 Å². The van der Waals surface area contributed by atoms with Crippen molar-refractivity contribution in [2.75, 3.05) is 5.32 Å². The van der Waals surface area contributed by atoms with E-state index in [-0.39, 0.29) is 6.04 Å². The van der Waals surface area contributed by atoms with Crippen LogP contribution >= 0.6 is 34.9 Å². The van der Waals surface area contributed by atoms with Crippen LogP contribution in [-0.4, -0.2) is 8.75 Å². The van der Waals surface area contributed by atoms with Gasteiger partial charge in [0, 0.05) is 6.04 Å². The highest BCUT2D eigenvalue weighted by Crippen LogP contribution is 2.37. The highest BCUT2D eigenvalue weighted by molar-refractivity contribution is 7.00. The van der Waals surface area contributed by atoms with E-state index in [1.807, 2.05) is 12.1 Å². The molecule has 1 atom stereocenters. The molecule has 0 saturated heterocycles. The molecule has 21 heavy (non-hydrogen) atoms. The lowest BCUT2D eigenvalue weighted by Crippen LogP contribution is -2.09. The number of hydrogen-bond donors (Lipinski definition) is 1. The zero-order valence-electron chi connectivity index (χ0n) is 11.5. The number of hydrogen-bond acceptors (Lipinski definition) is 4. The fourth-order valence-corrected chi connectivity index (χ4v) is 3.55. The van der Waals surface area contributed by atoms with Gasteiger partial charge in [0.25, 0.3) is 0 Å². The summed E-state index contributed by atoms with van der Waals surface area (Å²) in [6.07, 6.45) is 0. The van der Waals surface area contributed by atoms with Crippen molar-refractivity contribution in [1.29, 1.82) is 0 Å². The van der Waals surface area contributed by atoms with Crippen molar-refractivity contribution >= 4 is 51.7 Å². The van der Waals surface area contributed by atoms with E-state index in [0.717, 1.165) is 22.9 Å². The fraction of sp³-hybridized carbons (Fsp3) is 0.200. The Morgan fingerprint density at radius 3 is 2.57 bits per heavy atom. The van der Waals surface area contributed by atoms with Crippen LogP contribution in [0.2, 0.25) is 10.0 Å². The van der Waals surface area contributed by atoms with Gasteiger partial charge >= 0.3 is 0 Å². The second-order valence-corrected chi connectivity index (χ2v) is 6.24. The molecule has 0 fully saturated rings. The molecule has 0 aliphatic heterocycles. The largest absolute Gasteiger partial charge is 0.375 e. The van der Waals surface area contributed by atoms with E-state index >= 15 is 0 Å². The molecular formula is C15H13Cl2N3S. The predicted octanol–water partition coefficient (Wildman–Crippen LogP) is 5.48. The summed E-state index contributed by atoms with van der Waals surface area (Å²) in [6, 6.07) is 10.1. The first-order valence-corrected chi connectivity index (χ1v) is 7.99. The van der Waals surface area contributed by atoms with E-state index in [9.17, 15) is 0 Å². The summed E-state index contributed by atoms with van der Waals surface area (Å²) >= 11 is 13.6. The van der Waals surface area contributed by atoms with E-state index in [4.69, 9.17) is 23.2 Å². The minimum Gasteiger partial charge on any atom is -0.375 e. The molecule has 3 aromatic rings. The molecule has 0 aliphatic rings. The Labute approximate surface area is 137 Å². The van der Waals surface area contributed by atoms with Crippen molar-refractivity contribution in [3.63, 3.8) is 0 Å². The van der Waals surface area contributed by atoms with Crippen LogP contribution in [0, 0.1) is 6.92 Å². The third kappa shape index (κ3) is 2.71. The van der Waals surface area contributed by atoms with Crippen LogP contribution in [0.3, 0.4) is 0 Å². The Morgan fingerprint density at radius 1 is 1.10 bits per heavy atom. The Morgan fingerprint density at radius 2 is 1.81 bits per heavy atom. The van der Waals surface area contributed by atoms with Crippen molar-refractivity contribution in [1.82, 2.24) is 8.75 Å². The van der Waals surface area contributed by atoms with Gasteiger partial charge in [0.1, 0.15) is 11.0 Å². The lowest BCUT2D eigenvalue weighted by Gasteiger charge is -2.19. The van der Waals surface area contributed by atoms with Crippen LogP contribution in [0.1, 0.15) is 24.1 Å². The number of benzene rings is 2. The van der Waals surface area contributed by atoms with Gasteiger partial charge in [0.15, 0.2) is 0 Å². The molecule has 0 amide bonds. The average molecular weight is 338 g/mol. The monoisotopic (exact) mass is 337 g/mol. The van der Waals surface area contributed by atoms with E-state index in [0.29, 0.717) is 15.6 Å². The summed E-state index contributed by atoms with van der Waals surface area (Å²) < 4.78 is 8.53. The van der Waals surface area contributed by atoms with Crippen LogP contribution in [-0.2, 0) is 0 Å². The number of aryl methyl sites for hydroxylation is 1. The van der Waals surface area contributed by atoms with E-state index < -0.39 is 0 Å². The van der Waals surface area contributed by atoms with Gasteiger partial charge in [-0.15, -0.1) is 0 Å². The van der Waals surface area contributed by atoms with Gasteiger partial charge in [-0.05, 0) is 31.0 Å². The van der Waals surface area contributed by atoms with Gasteiger partial charge in [-0.25, -0.2) is 0 Å². The molecular weight excluding hydrogens is 325 g/mol. The van der Waals surface area contributed by atoms with Crippen LogP contribution < -0.4 is 5.32 Å². The summed E-state index contributed by atoms with van der Waals surface area (Å²) in [7, 11) is 0. The minimum absolute atomic E-state index is 0.106. The Bertz CT molecular complexity index is 801. The van der Waals surface area contributed by atoms with Crippen LogP contribution in [0.15, 0.2) is 30.3 Å². The number of fused-ring (bicyclic) bond motifs is 1. The van der Waals surface area contributed by atoms with Crippen molar-refractivity contribution in [2.45, 2.75) is 19.9 Å². The highest BCUT2D eigenvalue weighted by atomic mass is 35.5. The van der Waals surface area contributed by atoms with Crippen LogP contribution in [0.5, 0.6) is 0 Å². The Kier molecular flexibility index (Phi) is 4.02. The SMILES string of the molecule is Cc1ccccc1C(C)Nc1c(Cl)cc(Cl)c2nsnc12. The highest BCUT2D eigenvalue weighted by Gasteiger charge is 2.17. The number of anilines is 1. The third-order valence-corrected chi connectivity index (χ3v) is 4.57. The van der Waals surface area contributed by atoms with Crippen molar-refractivity contribution in [3.05, 3.63) is 51.5 Å². The van der Waals surface area contributed by atoms with Crippen molar-refractivity contribution < 1.29 is 0 Å². The topological polar surface area (TPSA) is 37.8 Å². The van der Waals surface area contributed by atoms with E-state index in [1.165, 1.54) is 11.1 Å². The molecule has 1 unspecified atom stereocenters. The van der Waals surface area contributed by atoms with Crippen LogP contribution in [0.4, 0.5) is 5.69 Å². The lowest BCUT2D eigenvalue weighted by atomic mass is 10.0. The first-order valence-electron chi connectivity index (χ1n) is 6.50. The molecule has 1 N–H and O–H groups in total. The first-order chi connectivity index (χ1) is 10.1. The number of aromatic nitrogens is 2. The minimum atomic E-state index is 0.106. The Hall–Kier alpha value is -1.36. The summed E-state index contributed by atoms with van der Waals surface area (Å²) in [5, 5.41) is 4.52. The van der Waals surface area contributed by atoms with Crippen molar-refractivity contribution in [3.8, 4) is 0 Å². The number of rotatable bonds is 3. The smallest absolute Gasteiger partial charge is 0.130 e. The molecule has 0 radical (unpaired) electrons. The standard InChI is InChI=1S/C15H13Cl2N3S/c1-8-5-3-4-6-10(8)9(2)18-13-11(16)7-12(17)14-15(13)20-21-19-14/h3-7,9,18H,1-2H3. The zero-order chi connectivity index (χ0) is 15.0. The van der Waals surface area contributed by atoms with E-state index in [2.05, 4.69) is 40.0 Å². The maximum absolute atomic E-state index is 6.33. The molecule has 108 valence electrons. The normalized spacial score (nSPS) is 12.6. The Balaban J connectivity index is 2.02. The molecule has 0 aliphatic carbocycles. The summed E-state index contributed by atoms with van der Waals surface area (Å²) in [4.78, 5) is 0. The average Bonchev–Trinajstić information content (AvgIpc) is 2.93. The van der Waals surface area contributed by atoms with Crippen LogP contribution in [0.25, 0.3) is 11.0 Å².